The maximum atomic E-state index is 13.1. The summed E-state index contributed by atoms with van der Waals surface area (Å²) in [6.07, 6.45) is 0.759. The van der Waals surface area contributed by atoms with Gasteiger partial charge in [-0.25, -0.2) is 0 Å². The van der Waals surface area contributed by atoms with Gasteiger partial charge < -0.3 is 32.7 Å². The topological polar surface area (TPSA) is 157 Å². The highest BCUT2D eigenvalue weighted by molar-refractivity contribution is 5.98. The van der Waals surface area contributed by atoms with Crippen LogP contribution in [0.3, 0.4) is 0 Å². The molecule has 36 heavy (non-hydrogen) atoms. The Morgan fingerprint density at radius 2 is 1.50 bits per heavy atom. The first-order chi connectivity index (χ1) is 17.2. The minimum absolute atomic E-state index is 0.199. The van der Waals surface area contributed by atoms with Crippen LogP contribution in [0.2, 0.25) is 0 Å². The van der Waals surface area contributed by atoms with Crippen LogP contribution in [0.1, 0.15) is 43.7 Å². The van der Waals surface area contributed by atoms with Crippen LogP contribution in [0, 0.1) is 0 Å². The SMILES string of the molecule is CC(C)c1ccc(NC(=O)[C@H](CCc2ccccc2)NC(=O)[C@@H](N)CC(=O)N(CCN)CCN)cc1. The molecule has 2 atom stereocenters. The minimum Gasteiger partial charge on any atom is -0.343 e. The summed E-state index contributed by atoms with van der Waals surface area (Å²) in [5, 5.41) is 5.63. The molecule has 0 saturated carbocycles. The van der Waals surface area contributed by atoms with Gasteiger partial charge in [0.15, 0.2) is 0 Å². The number of carbonyl (C=O) groups excluding carboxylic acids is 3. The van der Waals surface area contributed by atoms with E-state index in [0.717, 1.165) is 11.1 Å². The summed E-state index contributed by atoms with van der Waals surface area (Å²) in [7, 11) is 0. The smallest absolute Gasteiger partial charge is 0.246 e. The molecular formula is C27H40N6O3. The van der Waals surface area contributed by atoms with E-state index in [1.165, 1.54) is 4.90 Å². The molecule has 8 N–H and O–H groups in total. The van der Waals surface area contributed by atoms with E-state index in [2.05, 4.69) is 24.5 Å². The molecule has 3 amide bonds. The maximum Gasteiger partial charge on any atom is 0.246 e. The Hall–Kier alpha value is -3.27. The third-order valence-corrected chi connectivity index (χ3v) is 5.92. The molecule has 0 unspecified atom stereocenters. The van der Waals surface area contributed by atoms with Crippen LogP contribution in [-0.2, 0) is 20.8 Å². The van der Waals surface area contributed by atoms with Gasteiger partial charge in [0.2, 0.25) is 17.7 Å². The van der Waals surface area contributed by atoms with Crippen LogP contribution in [-0.4, -0.2) is 60.9 Å². The Balaban J connectivity index is 2.08. The second-order valence-corrected chi connectivity index (χ2v) is 9.12. The lowest BCUT2D eigenvalue weighted by molar-refractivity contribution is -0.134. The number of nitrogens with zero attached hydrogens (tertiary/aromatic N) is 1. The number of rotatable bonds is 14. The number of anilines is 1. The van der Waals surface area contributed by atoms with Crippen molar-refractivity contribution in [2.45, 2.75) is 51.1 Å². The van der Waals surface area contributed by atoms with Crippen LogP contribution in [0.15, 0.2) is 54.6 Å². The van der Waals surface area contributed by atoms with E-state index in [0.29, 0.717) is 37.5 Å². The predicted octanol–water partition coefficient (Wildman–Crippen LogP) is 1.33. The van der Waals surface area contributed by atoms with Crippen molar-refractivity contribution in [3.8, 4) is 0 Å². The van der Waals surface area contributed by atoms with Gasteiger partial charge >= 0.3 is 0 Å². The summed E-state index contributed by atoms with van der Waals surface area (Å²) in [6.45, 7) is 5.44. The first-order valence-electron chi connectivity index (χ1n) is 12.4. The van der Waals surface area contributed by atoms with Crippen LogP contribution >= 0.6 is 0 Å². The Kier molecular flexibility index (Phi) is 12.0. The number of hydrogen-bond acceptors (Lipinski definition) is 6. The molecule has 2 aromatic rings. The van der Waals surface area contributed by atoms with Gasteiger partial charge in [0, 0.05) is 31.9 Å². The Morgan fingerprint density at radius 1 is 0.889 bits per heavy atom. The Morgan fingerprint density at radius 3 is 2.06 bits per heavy atom. The molecule has 9 heteroatoms. The molecule has 0 aliphatic rings. The standard InChI is InChI=1S/C27H40N6O3/c1-19(2)21-9-11-22(12-10-21)31-27(36)24(13-8-20-6-4-3-5-7-20)32-26(35)23(30)18-25(34)33(16-14-28)17-15-29/h3-7,9-12,19,23-24H,8,13-18,28-30H2,1-2H3,(H,31,36)(H,32,35)/t23-,24-/m0/s1. The third-order valence-electron chi connectivity index (χ3n) is 5.92. The second-order valence-electron chi connectivity index (χ2n) is 9.12. The number of aryl methyl sites for hydroxylation is 1. The van der Waals surface area contributed by atoms with Crippen molar-refractivity contribution >= 4 is 23.4 Å². The highest BCUT2D eigenvalue weighted by Crippen LogP contribution is 2.17. The fraction of sp³-hybridized carbons (Fsp3) is 0.444. The second kappa shape index (κ2) is 15.0. The van der Waals surface area contributed by atoms with E-state index in [9.17, 15) is 14.4 Å². The van der Waals surface area contributed by atoms with Crippen LogP contribution in [0.4, 0.5) is 5.69 Å². The number of benzene rings is 2. The fourth-order valence-corrected chi connectivity index (χ4v) is 3.77. The largest absolute Gasteiger partial charge is 0.343 e. The highest BCUT2D eigenvalue weighted by atomic mass is 16.2. The summed E-state index contributed by atoms with van der Waals surface area (Å²) in [4.78, 5) is 40.1. The first kappa shape index (κ1) is 29.0. The van der Waals surface area contributed by atoms with E-state index < -0.39 is 18.0 Å². The van der Waals surface area contributed by atoms with Gasteiger partial charge in [-0.1, -0.05) is 56.3 Å². The lowest BCUT2D eigenvalue weighted by Gasteiger charge is -2.24. The zero-order valence-electron chi connectivity index (χ0n) is 21.3. The third kappa shape index (κ3) is 9.41. The van der Waals surface area contributed by atoms with Gasteiger partial charge in [0.25, 0.3) is 0 Å². The van der Waals surface area contributed by atoms with Crippen molar-refractivity contribution < 1.29 is 14.4 Å². The van der Waals surface area contributed by atoms with Crippen molar-refractivity contribution in [2.24, 2.45) is 17.2 Å². The maximum absolute atomic E-state index is 13.1. The molecule has 196 valence electrons. The first-order valence-corrected chi connectivity index (χ1v) is 12.4. The van der Waals surface area contributed by atoms with Gasteiger partial charge in [0.05, 0.1) is 12.5 Å². The number of carbonyl (C=O) groups is 3. The Labute approximate surface area is 213 Å². The van der Waals surface area contributed by atoms with Crippen molar-refractivity contribution in [3.63, 3.8) is 0 Å². The molecule has 0 radical (unpaired) electrons. The van der Waals surface area contributed by atoms with Gasteiger partial charge in [-0.05, 0) is 42.0 Å². The van der Waals surface area contributed by atoms with E-state index in [1.807, 2.05) is 54.6 Å². The van der Waals surface area contributed by atoms with Crippen molar-refractivity contribution in [1.29, 1.82) is 0 Å². The molecular weight excluding hydrogens is 456 g/mol. The lowest BCUT2D eigenvalue weighted by Crippen LogP contribution is -2.52. The molecule has 0 bridgehead atoms. The van der Waals surface area contributed by atoms with Crippen LogP contribution in [0.5, 0.6) is 0 Å². The van der Waals surface area contributed by atoms with Gasteiger partial charge in [-0.2, -0.15) is 0 Å². The van der Waals surface area contributed by atoms with Gasteiger partial charge in [-0.3, -0.25) is 14.4 Å². The van der Waals surface area contributed by atoms with E-state index >= 15 is 0 Å². The summed E-state index contributed by atoms with van der Waals surface area (Å²) in [6, 6.07) is 15.4. The van der Waals surface area contributed by atoms with Crippen LogP contribution in [0.25, 0.3) is 0 Å². The number of amides is 3. The zero-order valence-corrected chi connectivity index (χ0v) is 21.3. The molecule has 0 aliphatic carbocycles. The fourth-order valence-electron chi connectivity index (χ4n) is 3.77. The number of hydrogen-bond donors (Lipinski definition) is 5. The lowest BCUT2D eigenvalue weighted by atomic mass is 10.0. The van der Waals surface area contributed by atoms with Crippen molar-refractivity contribution in [2.75, 3.05) is 31.5 Å². The van der Waals surface area contributed by atoms with Crippen molar-refractivity contribution in [1.82, 2.24) is 10.2 Å². The van der Waals surface area contributed by atoms with Gasteiger partial charge in [0.1, 0.15) is 6.04 Å². The highest BCUT2D eigenvalue weighted by Gasteiger charge is 2.26. The molecule has 0 spiro atoms. The number of nitrogens with one attached hydrogen (secondary N) is 2. The summed E-state index contributed by atoms with van der Waals surface area (Å²) in [5.74, 6) is -0.832. The van der Waals surface area contributed by atoms with E-state index in [4.69, 9.17) is 17.2 Å². The molecule has 2 aromatic carbocycles. The average molecular weight is 497 g/mol. The molecule has 2 rings (SSSR count). The normalized spacial score (nSPS) is 12.6. The molecule has 0 saturated heterocycles. The van der Waals surface area contributed by atoms with E-state index in [1.54, 1.807) is 0 Å². The molecule has 0 fully saturated rings. The average Bonchev–Trinajstić information content (AvgIpc) is 2.87. The number of nitrogens with two attached hydrogens (primary N) is 3. The quantitative estimate of drug-likeness (QED) is 0.266. The van der Waals surface area contributed by atoms with Crippen LogP contribution < -0.4 is 27.8 Å². The molecule has 0 heterocycles. The molecule has 9 nitrogen and oxygen atoms in total. The van der Waals surface area contributed by atoms with Gasteiger partial charge in [-0.15, -0.1) is 0 Å². The Bertz CT molecular complexity index is 959. The zero-order chi connectivity index (χ0) is 26.5. The molecule has 0 aliphatic heterocycles. The van der Waals surface area contributed by atoms with Crippen molar-refractivity contribution in [3.05, 3.63) is 65.7 Å². The predicted molar refractivity (Wildman–Crippen MR) is 143 cm³/mol. The monoisotopic (exact) mass is 496 g/mol. The minimum atomic E-state index is -1.10. The summed E-state index contributed by atoms with van der Waals surface area (Å²) < 4.78 is 0. The molecule has 0 aromatic heterocycles. The summed E-state index contributed by atoms with van der Waals surface area (Å²) in [5.41, 5.74) is 20.0. The summed E-state index contributed by atoms with van der Waals surface area (Å²) >= 11 is 0. The van der Waals surface area contributed by atoms with E-state index in [-0.39, 0.29) is 31.3 Å².